The van der Waals surface area contributed by atoms with Gasteiger partial charge in [-0.1, -0.05) is 31.5 Å². The van der Waals surface area contributed by atoms with Crippen LogP contribution in [0.15, 0.2) is 54.7 Å². The summed E-state index contributed by atoms with van der Waals surface area (Å²) in [5, 5.41) is 4.00. The van der Waals surface area contributed by atoms with Gasteiger partial charge in [-0.05, 0) is 49.2 Å². The molecule has 146 valence electrons. The molecule has 0 aliphatic rings. The second kappa shape index (κ2) is 9.22. The van der Waals surface area contributed by atoms with E-state index >= 15 is 0 Å². The molecule has 2 aromatic carbocycles. The summed E-state index contributed by atoms with van der Waals surface area (Å²) >= 11 is 0. The first-order valence-electron chi connectivity index (χ1n) is 9.76. The van der Waals surface area contributed by atoms with Crippen molar-refractivity contribution in [1.29, 1.82) is 0 Å². The predicted molar refractivity (Wildman–Crippen MR) is 112 cm³/mol. The highest BCUT2D eigenvalue weighted by Crippen LogP contribution is 2.23. The van der Waals surface area contributed by atoms with Gasteiger partial charge in [0.25, 0.3) is 0 Å². The summed E-state index contributed by atoms with van der Waals surface area (Å²) < 4.78 is 7.26. The van der Waals surface area contributed by atoms with Gasteiger partial charge in [-0.25, -0.2) is 4.79 Å². The van der Waals surface area contributed by atoms with Gasteiger partial charge >= 0.3 is 5.97 Å². The van der Waals surface area contributed by atoms with Crippen molar-refractivity contribution in [3.63, 3.8) is 0 Å². The minimum atomic E-state index is -0.299. The molecule has 1 amide bonds. The number of nitrogens with one attached hydrogen (secondary N) is 1. The molecule has 0 atom stereocenters. The third-order valence-electron chi connectivity index (χ3n) is 4.67. The summed E-state index contributed by atoms with van der Waals surface area (Å²) in [4.78, 5) is 24.2. The monoisotopic (exact) mass is 378 g/mol. The second-order valence-corrected chi connectivity index (χ2v) is 6.75. The number of amides is 1. The Bertz CT molecular complexity index is 975. The van der Waals surface area contributed by atoms with Crippen molar-refractivity contribution >= 4 is 28.5 Å². The zero-order valence-corrected chi connectivity index (χ0v) is 16.4. The number of hydrogen-bond acceptors (Lipinski definition) is 3. The summed E-state index contributed by atoms with van der Waals surface area (Å²) in [5.74, 6) is -0.254. The van der Waals surface area contributed by atoms with E-state index in [2.05, 4.69) is 16.8 Å². The molecule has 1 heterocycles. The molecule has 0 unspecified atom stereocenters. The van der Waals surface area contributed by atoms with Gasteiger partial charge in [-0.2, -0.15) is 0 Å². The first-order chi connectivity index (χ1) is 13.6. The molecule has 0 aliphatic heterocycles. The summed E-state index contributed by atoms with van der Waals surface area (Å²) in [6.07, 6.45) is 4.43. The van der Waals surface area contributed by atoms with Crippen LogP contribution in [0.3, 0.4) is 0 Å². The summed E-state index contributed by atoms with van der Waals surface area (Å²) in [7, 11) is 0. The number of rotatable bonds is 8. The molecular weight excluding hydrogens is 352 g/mol. The largest absolute Gasteiger partial charge is 0.462 e. The Balaban J connectivity index is 1.80. The number of aromatic nitrogens is 1. The molecule has 28 heavy (non-hydrogen) atoms. The van der Waals surface area contributed by atoms with Gasteiger partial charge in [0.15, 0.2) is 0 Å². The highest BCUT2D eigenvalue weighted by atomic mass is 16.5. The predicted octanol–water partition coefficient (Wildman–Crippen LogP) is 5.00. The van der Waals surface area contributed by atoms with Gasteiger partial charge in [0.1, 0.15) is 0 Å². The number of nitrogens with zero attached hydrogens (tertiary/aromatic N) is 1. The first-order valence-corrected chi connectivity index (χ1v) is 9.76. The topological polar surface area (TPSA) is 60.3 Å². The van der Waals surface area contributed by atoms with Crippen molar-refractivity contribution in [1.82, 2.24) is 4.57 Å². The normalized spacial score (nSPS) is 10.8. The van der Waals surface area contributed by atoms with E-state index in [-0.39, 0.29) is 11.9 Å². The van der Waals surface area contributed by atoms with Crippen LogP contribution in [0.1, 0.15) is 49.0 Å². The maximum absolute atomic E-state index is 12.2. The minimum absolute atomic E-state index is 0.0454. The van der Waals surface area contributed by atoms with Crippen molar-refractivity contribution in [2.75, 3.05) is 11.9 Å². The Morgan fingerprint density at radius 2 is 1.89 bits per heavy atom. The molecule has 0 aliphatic carbocycles. The van der Waals surface area contributed by atoms with E-state index in [4.69, 9.17) is 4.74 Å². The molecule has 0 radical (unpaired) electrons. The highest BCUT2D eigenvalue weighted by Gasteiger charge is 2.13. The quantitative estimate of drug-likeness (QED) is 0.562. The zero-order chi connectivity index (χ0) is 19.9. The van der Waals surface area contributed by atoms with Crippen molar-refractivity contribution < 1.29 is 14.3 Å². The molecule has 0 fully saturated rings. The molecule has 1 aromatic heterocycles. The molecule has 0 spiro atoms. The molecule has 0 bridgehead atoms. The van der Waals surface area contributed by atoms with Crippen LogP contribution in [0.2, 0.25) is 0 Å². The van der Waals surface area contributed by atoms with Gasteiger partial charge in [0, 0.05) is 35.8 Å². The number of fused-ring (bicyclic) bond motifs is 1. The molecule has 5 heteroatoms. The highest BCUT2D eigenvalue weighted by molar-refractivity contribution is 5.94. The second-order valence-electron chi connectivity index (χ2n) is 6.75. The van der Waals surface area contributed by atoms with Crippen LogP contribution < -0.4 is 5.32 Å². The van der Waals surface area contributed by atoms with Crippen molar-refractivity contribution in [3.05, 3.63) is 65.9 Å². The fraction of sp³-hybridized carbons (Fsp3) is 0.304. The minimum Gasteiger partial charge on any atom is -0.462 e. The maximum Gasteiger partial charge on any atom is 0.338 e. The number of carbonyl (C=O) groups is 2. The van der Waals surface area contributed by atoms with Crippen molar-refractivity contribution in [2.45, 2.75) is 39.7 Å². The average Bonchev–Trinajstić information content (AvgIpc) is 3.09. The van der Waals surface area contributed by atoms with E-state index in [1.54, 1.807) is 13.0 Å². The van der Waals surface area contributed by atoms with Gasteiger partial charge in [0.2, 0.25) is 5.91 Å². The summed E-state index contributed by atoms with van der Waals surface area (Å²) in [6, 6.07) is 15.4. The number of esters is 1. The van der Waals surface area contributed by atoms with E-state index in [1.807, 2.05) is 48.7 Å². The lowest BCUT2D eigenvalue weighted by atomic mass is 10.1. The number of unbranched alkanes of at least 4 members (excludes halogenated alkanes) is 1. The number of benzene rings is 2. The van der Waals surface area contributed by atoms with Crippen LogP contribution in [0, 0.1) is 0 Å². The number of carbonyl (C=O) groups excluding carboxylic acids is 2. The number of hydrogen-bond donors (Lipinski definition) is 1. The zero-order valence-electron chi connectivity index (χ0n) is 16.4. The van der Waals surface area contributed by atoms with Crippen LogP contribution in [0.5, 0.6) is 0 Å². The van der Waals surface area contributed by atoms with E-state index in [0.717, 1.165) is 35.0 Å². The molecule has 0 saturated carbocycles. The van der Waals surface area contributed by atoms with Crippen LogP contribution in [0.25, 0.3) is 10.9 Å². The Morgan fingerprint density at radius 3 is 2.68 bits per heavy atom. The third-order valence-corrected chi connectivity index (χ3v) is 4.67. The molecule has 3 aromatic rings. The summed E-state index contributed by atoms with van der Waals surface area (Å²) in [6.45, 7) is 4.80. The average molecular weight is 378 g/mol. The molecule has 0 saturated heterocycles. The Labute approximate surface area is 165 Å². The van der Waals surface area contributed by atoms with E-state index in [9.17, 15) is 9.59 Å². The number of ether oxygens (including phenoxy) is 1. The van der Waals surface area contributed by atoms with Gasteiger partial charge in [0.05, 0.1) is 12.2 Å². The maximum atomic E-state index is 12.2. The van der Waals surface area contributed by atoms with Gasteiger partial charge < -0.3 is 14.6 Å². The lowest BCUT2D eigenvalue weighted by molar-refractivity contribution is -0.116. The third kappa shape index (κ3) is 4.60. The fourth-order valence-electron chi connectivity index (χ4n) is 3.23. The van der Waals surface area contributed by atoms with Gasteiger partial charge in [-0.15, -0.1) is 0 Å². The lowest BCUT2D eigenvalue weighted by Gasteiger charge is -2.11. The van der Waals surface area contributed by atoms with Crippen LogP contribution >= 0.6 is 0 Å². The Kier molecular flexibility index (Phi) is 6.48. The molecular formula is C23H26N2O3. The van der Waals surface area contributed by atoms with Crippen molar-refractivity contribution in [2.24, 2.45) is 0 Å². The smallest absolute Gasteiger partial charge is 0.338 e. The van der Waals surface area contributed by atoms with Gasteiger partial charge in [-0.3, -0.25) is 4.79 Å². The molecule has 1 N–H and O–H groups in total. The van der Waals surface area contributed by atoms with E-state index in [1.165, 1.54) is 0 Å². The van der Waals surface area contributed by atoms with E-state index < -0.39 is 0 Å². The number of anilines is 1. The Morgan fingerprint density at radius 1 is 1.07 bits per heavy atom. The standard InChI is InChI=1S/C23H26N2O3/c1-3-5-10-22(26)24-19-11-12-21-17(15-19)13-14-25(21)16-18-8-6-7-9-20(18)23(27)28-4-2/h6-9,11-15H,3-5,10,16H2,1-2H3,(H,24,26). The lowest BCUT2D eigenvalue weighted by Crippen LogP contribution is -2.11. The molecule has 5 nitrogen and oxygen atoms in total. The SMILES string of the molecule is CCCCC(=O)Nc1ccc2c(ccn2Cc2ccccc2C(=O)OCC)c1. The van der Waals surface area contributed by atoms with Crippen LogP contribution in [-0.2, 0) is 16.1 Å². The van der Waals surface area contributed by atoms with Crippen LogP contribution in [-0.4, -0.2) is 23.1 Å². The Hall–Kier alpha value is -3.08. The first kappa shape index (κ1) is 19.7. The van der Waals surface area contributed by atoms with Crippen LogP contribution in [0.4, 0.5) is 5.69 Å². The van der Waals surface area contributed by atoms with E-state index in [0.29, 0.717) is 25.1 Å². The fourth-order valence-corrected chi connectivity index (χ4v) is 3.23. The van der Waals surface area contributed by atoms with Crippen molar-refractivity contribution in [3.8, 4) is 0 Å². The summed E-state index contributed by atoms with van der Waals surface area (Å²) in [5.41, 5.74) is 3.35. The molecule has 3 rings (SSSR count).